The second-order valence-electron chi connectivity index (χ2n) is 7.39. The molecular weight excluding hydrogens is 386 g/mol. The van der Waals surface area contributed by atoms with Crippen LogP contribution in [0.5, 0.6) is 0 Å². The van der Waals surface area contributed by atoms with E-state index < -0.39 is 6.09 Å². The summed E-state index contributed by atoms with van der Waals surface area (Å²) in [4.78, 5) is 25.3. The van der Waals surface area contributed by atoms with Crippen LogP contribution in [0.3, 0.4) is 0 Å². The van der Waals surface area contributed by atoms with Crippen LogP contribution in [0.15, 0.2) is 53.7 Å². The van der Waals surface area contributed by atoms with Gasteiger partial charge in [-0.05, 0) is 23.6 Å². The molecule has 0 aliphatic heterocycles. The normalized spacial score (nSPS) is 11.1. The second-order valence-corrected chi connectivity index (χ2v) is 7.39. The maximum absolute atomic E-state index is 12.4. The molecule has 3 aromatic rings. The molecule has 0 saturated heterocycles. The van der Waals surface area contributed by atoms with Gasteiger partial charge in [0.05, 0.1) is 25.5 Å². The minimum Gasteiger partial charge on any atom is -0.465 e. The molecule has 158 valence electrons. The topological polar surface area (TPSA) is 113 Å². The summed E-state index contributed by atoms with van der Waals surface area (Å²) in [5.41, 5.74) is 2.18. The quantitative estimate of drug-likeness (QED) is 0.587. The highest BCUT2D eigenvalue weighted by atomic mass is 16.4. The standard InChI is InChI=1S/C21H25N5O4/c1-15(2)13-25(21(29)30)17-5-3-4-16(10-17)11-19-20(28)6-7-26(23-19)18-12-22-24(14-18)8-9-27/h3-7,10,12,14-15,27H,8-9,11,13H2,1-2H3,(H,29,30). The molecule has 0 fully saturated rings. The number of hydrogen-bond acceptors (Lipinski definition) is 5. The Hall–Kier alpha value is -3.46. The molecule has 0 atom stereocenters. The molecule has 9 nitrogen and oxygen atoms in total. The first kappa shape index (κ1) is 21.3. The van der Waals surface area contributed by atoms with Gasteiger partial charge in [0.15, 0.2) is 0 Å². The number of aliphatic hydroxyl groups excluding tert-OH is 1. The van der Waals surface area contributed by atoms with Crippen LogP contribution >= 0.6 is 0 Å². The monoisotopic (exact) mass is 411 g/mol. The zero-order valence-electron chi connectivity index (χ0n) is 17.0. The number of aliphatic hydroxyl groups is 1. The summed E-state index contributed by atoms with van der Waals surface area (Å²) in [6.07, 6.45) is 4.16. The van der Waals surface area contributed by atoms with Crippen molar-refractivity contribution in [3.8, 4) is 5.69 Å². The SMILES string of the molecule is CC(C)CN(C(=O)O)c1cccc(Cc2nn(-c3cnn(CCO)c3)ccc2=O)c1. The fraction of sp³-hybridized carbons (Fsp3) is 0.333. The van der Waals surface area contributed by atoms with Crippen LogP contribution in [-0.2, 0) is 13.0 Å². The molecule has 30 heavy (non-hydrogen) atoms. The number of benzene rings is 1. The summed E-state index contributed by atoms with van der Waals surface area (Å²) in [6, 6.07) is 8.58. The van der Waals surface area contributed by atoms with E-state index in [0.717, 1.165) is 5.56 Å². The average molecular weight is 411 g/mol. The van der Waals surface area contributed by atoms with Gasteiger partial charge in [-0.25, -0.2) is 9.48 Å². The number of aromatic nitrogens is 4. The highest BCUT2D eigenvalue weighted by Gasteiger charge is 2.16. The Kier molecular flexibility index (Phi) is 6.63. The first-order chi connectivity index (χ1) is 14.4. The van der Waals surface area contributed by atoms with Gasteiger partial charge in [0.25, 0.3) is 0 Å². The minimum absolute atomic E-state index is 0.0233. The highest BCUT2D eigenvalue weighted by molar-refractivity contribution is 5.86. The van der Waals surface area contributed by atoms with Crippen LogP contribution in [0.2, 0.25) is 0 Å². The summed E-state index contributed by atoms with van der Waals surface area (Å²) >= 11 is 0. The lowest BCUT2D eigenvalue weighted by Crippen LogP contribution is -2.32. The van der Waals surface area contributed by atoms with E-state index in [1.807, 2.05) is 19.9 Å². The third-order valence-electron chi connectivity index (χ3n) is 4.47. The molecule has 0 bridgehead atoms. The molecule has 0 radical (unpaired) electrons. The number of hydrogen-bond donors (Lipinski definition) is 2. The van der Waals surface area contributed by atoms with Gasteiger partial charge in [-0.2, -0.15) is 10.2 Å². The maximum atomic E-state index is 12.4. The van der Waals surface area contributed by atoms with E-state index in [1.165, 1.54) is 11.0 Å². The number of rotatable bonds is 8. The van der Waals surface area contributed by atoms with Crippen molar-refractivity contribution < 1.29 is 15.0 Å². The lowest BCUT2D eigenvalue weighted by molar-refractivity contribution is 0.201. The molecular formula is C21H25N5O4. The summed E-state index contributed by atoms with van der Waals surface area (Å²) < 4.78 is 3.15. The number of nitrogens with zero attached hydrogens (tertiary/aromatic N) is 5. The molecule has 0 spiro atoms. The van der Waals surface area contributed by atoms with E-state index >= 15 is 0 Å². The van der Waals surface area contributed by atoms with E-state index in [2.05, 4.69) is 10.2 Å². The van der Waals surface area contributed by atoms with E-state index in [0.29, 0.717) is 30.2 Å². The predicted molar refractivity (Wildman–Crippen MR) is 112 cm³/mol. The number of carboxylic acid groups (broad SMARTS) is 1. The van der Waals surface area contributed by atoms with Gasteiger partial charge in [0, 0.05) is 30.9 Å². The molecule has 3 rings (SSSR count). The molecule has 2 N–H and O–H groups in total. The lowest BCUT2D eigenvalue weighted by atomic mass is 10.1. The van der Waals surface area contributed by atoms with Crippen molar-refractivity contribution >= 4 is 11.8 Å². The molecule has 1 amide bonds. The molecule has 0 saturated carbocycles. The average Bonchev–Trinajstić information content (AvgIpc) is 3.17. The van der Waals surface area contributed by atoms with Gasteiger partial charge in [0.2, 0.25) is 5.43 Å². The summed E-state index contributed by atoms with van der Waals surface area (Å²) in [5, 5.41) is 27.1. The minimum atomic E-state index is -1.01. The van der Waals surface area contributed by atoms with Gasteiger partial charge in [-0.1, -0.05) is 26.0 Å². The van der Waals surface area contributed by atoms with Crippen molar-refractivity contribution in [2.24, 2.45) is 5.92 Å². The Balaban J connectivity index is 1.87. The number of carbonyl (C=O) groups is 1. The molecule has 9 heteroatoms. The summed E-state index contributed by atoms with van der Waals surface area (Å²) in [7, 11) is 0. The fourth-order valence-electron chi connectivity index (χ4n) is 3.10. The van der Waals surface area contributed by atoms with Crippen LogP contribution in [0.25, 0.3) is 5.69 Å². The van der Waals surface area contributed by atoms with Crippen molar-refractivity contribution in [3.63, 3.8) is 0 Å². The number of amides is 1. The van der Waals surface area contributed by atoms with Crippen molar-refractivity contribution in [3.05, 3.63) is 70.4 Å². The molecule has 2 heterocycles. The first-order valence-electron chi connectivity index (χ1n) is 9.69. The zero-order valence-corrected chi connectivity index (χ0v) is 17.0. The van der Waals surface area contributed by atoms with Crippen LogP contribution < -0.4 is 10.3 Å². The highest BCUT2D eigenvalue weighted by Crippen LogP contribution is 2.19. The number of anilines is 1. The molecule has 0 aliphatic rings. The van der Waals surface area contributed by atoms with Gasteiger partial charge >= 0.3 is 6.09 Å². The Morgan fingerprint density at radius 1 is 1.27 bits per heavy atom. The lowest BCUT2D eigenvalue weighted by Gasteiger charge is -2.22. The smallest absolute Gasteiger partial charge is 0.411 e. The third-order valence-corrected chi connectivity index (χ3v) is 4.47. The summed E-state index contributed by atoms with van der Waals surface area (Å²) in [5.74, 6) is 0.180. The van der Waals surface area contributed by atoms with Crippen molar-refractivity contribution in [2.75, 3.05) is 18.1 Å². The Morgan fingerprint density at radius 2 is 2.07 bits per heavy atom. The van der Waals surface area contributed by atoms with Crippen molar-refractivity contribution in [1.82, 2.24) is 19.6 Å². The molecule has 1 aromatic carbocycles. The van der Waals surface area contributed by atoms with E-state index in [1.54, 1.807) is 46.2 Å². The van der Waals surface area contributed by atoms with Crippen LogP contribution in [0, 0.1) is 5.92 Å². The first-order valence-corrected chi connectivity index (χ1v) is 9.69. The summed E-state index contributed by atoms with van der Waals surface area (Å²) in [6.45, 7) is 4.64. The van der Waals surface area contributed by atoms with E-state index in [9.17, 15) is 14.7 Å². The van der Waals surface area contributed by atoms with Crippen LogP contribution in [0.1, 0.15) is 25.1 Å². The zero-order chi connectivity index (χ0) is 21.7. The maximum Gasteiger partial charge on any atom is 0.411 e. The van der Waals surface area contributed by atoms with Crippen molar-refractivity contribution in [1.29, 1.82) is 0 Å². The molecule has 0 aliphatic carbocycles. The van der Waals surface area contributed by atoms with Crippen LogP contribution in [0.4, 0.5) is 10.5 Å². The third kappa shape index (κ3) is 5.12. The fourth-order valence-corrected chi connectivity index (χ4v) is 3.10. The second kappa shape index (κ2) is 9.36. The van der Waals surface area contributed by atoms with Crippen molar-refractivity contribution in [2.45, 2.75) is 26.8 Å². The van der Waals surface area contributed by atoms with Gasteiger partial charge in [-0.15, -0.1) is 0 Å². The van der Waals surface area contributed by atoms with E-state index in [4.69, 9.17) is 5.11 Å². The Labute approximate surface area is 173 Å². The van der Waals surface area contributed by atoms with Gasteiger partial charge in [-0.3, -0.25) is 14.4 Å². The Bertz CT molecular complexity index is 1070. The largest absolute Gasteiger partial charge is 0.465 e. The van der Waals surface area contributed by atoms with Gasteiger partial charge < -0.3 is 10.2 Å². The van der Waals surface area contributed by atoms with Gasteiger partial charge in [0.1, 0.15) is 11.4 Å². The van der Waals surface area contributed by atoms with Crippen LogP contribution in [-0.4, -0.2) is 49.0 Å². The van der Waals surface area contributed by atoms with E-state index in [-0.39, 0.29) is 24.4 Å². The predicted octanol–water partition coefficient (Wildman–Crippen LogP) is 2.15. The molecule has 0 unspecified atom stereocenters. The molecule has 2 aromatic heterocycles. The Morgan fingerprint density at radius 3 is 2.77 bits per heavy atom.